The number of carbonyl (C=O) groups excluding carboxylic acids is 2. The lowest BCUT2D eigenvalue weighted by molar-refractivity contribution is -0.143. The van der Waals surface area contributed by atoms with E-state index in [1.54, 1.807) is 30.3 Å². The molecule has 1 atom stereocenters. The maximum atomic E-state index is 12.4. The van der Waals surface area contributed by atoms with Gasteiger partial charge in [-0.2, -0.15) is 0 Å². The Bertz CT molecular complexity index is 848. The van der Waals surface area contributed by atoms with Crippen molar-refractivity contribution in [2.75, 3.05) is 18.1 Å². The quantitative estimate of drug-likeness (QED) is 0.762. The zero-order valence-corrected chi connectivity index (χ0v) is 14.5. The summed E-state index contributed by atoms with van der Waals surface area (Å²) in [6.07, 6.45) is 1.04. The largest absolute Gasteiger partial charge is 0.467 e. The van der Waals surface area contributed by atoms with Crippen LogP contribution in [0.15, 0.2) is 54.6 Å². The molecule has 0 aromatic heterocycles. The molecule has 0 aliphatic rings. The molecule has 0 saturated carbocycles. The normalized spacial score (nSPS) is 12.1. The Morgan fingerprint density at radius 1 is 1.00 bits per heavy atom. The van der Waals surface area contributed by atoms with E-state index < -0.39 is 27.9 Å². The van der Waals surface area contributed by atoms with E-state index in [1.165, 1.54) is 31.4 Å². The molecule has 0 radical (unpaired) electrons. The van der Waals surface area contributed by atoms with Gasteiger partial charge < -0.3 is 10.1 Å². The van der Waals surface area contributed by atoms with Crippen LogP contribution in [0.4, 0.5) is 5.69 Å². The highest BCUT2D eigenvalue weighted by molar-refractivity contribution is 7.92. The highest BCUT2D eigenvalue weighted by Gasteiger charge is 2.23. The molecule has 2 rings (SSSR count). The van der Waals surface area contributed by atoms with Crippen molar-refractivity contribution in [3.05, 3.63) is 65.7 Å². The van der Waals surface area contributed by atoms with Crippen molar-refractivity contribution in [2.45, 2.75) is 6.04 Å². The van der Waals surface area contributed by atoms with Gasteiger partial charge in [0, 0.05) is 11.3 Å². The Labute approximate surface area is 146 Å². The Morgan fingerprint density at radius 3 is 2.12 bits per heavy atom. The van der Waals surface area contributed by atoms with Crippen LogP contribution in [-0.4, -0.2) is 33.7 Å². The van der Waals surface area contributed by atoms with Gasteiger partial charge in [0.1, 0.15) is 0 Å². The molecule has 0 saturated heterocycles. The number of hydrogen-bond acceptors (Lipinski definition) is 5. The van der Waals surface area contributed by atoms with Crippen LogP contribution in [0.5, 0.6) is 0 Å². The van der Waals surface area contributed by atoms with Crippen LogP contribution in [0.2, 0.25) is 0 Å². The topological polar surface area (TPSA) is 102 Å². The number of amides is 1. The Kier molecular flexibility index (Phi) is 5.76. The van der Waals surface area contributed by atoms with E-state index in [4.69, 9.17) is 4.74 Å². The molecule has 2 N–H and O–H groups in total. The van der Waals surface area contributed by atoms with Gasteiger partial charge in [-0.1, -0.05) is 30.3 Å². The van der Waals surface area contributed by atoms with Crippen LogP contribution in [0.25, 0.3) is 0 Å². The molecule has 0 spiro atoms. The second-order valence-corrected chi connectivity index (χ2v) is 7.04. The van der Waals surface area contributed by atoms with E-state index in [9.17, 15) is 18.0 Å². The van der Waals surface area contributed by atoms with E-state index in [1.807, 2.05) is 0 Å². The van der Waals surface area contributed by atoms with E-state index in [0.29, 0.717) is 11.3 Å². The number of benzene rings is 2. The molecule has 2 aromatic rings. The highest BCUT2D eigenvalue weighted by atomic mass is 32.2. The molecule has 0 heterocycles. The Hall–Kier alpha value is -2.87. The molecule has 25 heavy (non-hydrogen) atoms. The van der Waals surface area contributed by atoms with Crippen LogP contribution >= 0.6 is 0 Å². The van der Waals surface area contributed by atoms with Crippen LogP contribution in [-0.2, 0) is 19.6 Å². The summed E-state index contributed by atoms with van der Waals surface area (Å²) in [6.45, 7) is 0. The average Bonchev–Trinajstić information content (AvgIpc) is 2.59. The standard InChI is InChI=1S/C17H18N2O5S/c1-24-17(21)15(12-6-4-3-5-7-12)18-16(20)13-8-10-14(11-9-13)19-25(2,22)23/h3-11,15,19H,1-2H3,(H,18,20). The van der Waals surface area contributed by atoms with Gasteiger partial charge in [-0.3, -0.25) is 9.52 Å². The molecule has 132 valence electrons. The first-order chi connectivity index (χ1) is 11.8. The average molecular weight is 362 g/mol. The minimum atomic E-state index is -3.39. The molecule has 0 aliphatic heterocycles. The smallest absolute Gasteiger partial charge is 0.333 e. The maximum absolute atomic E-state index is 12.4. The number of rotatable bonds is 6. The second kappa shape index (κ2) is 7.80. The predicted octanol–water partition coefficient (Wildman–Crippen LogP) is 1.70. The van der Waals surface area contributed by atoms with Crippen LogP contribution < -0.4 is 10.0 Å². The monoisotopic (exact) mass is 362 g/mol. The van der Waals surface area contributed by atoms with E-state index in [-0.39, 0.29) is 5.56 Å². The highest BCUT2D eigenvalue weighted by Crippen LogP contribution is 2.16. The third-order valence-corrected chi connectivity index (χ3v) is 3.90. The first kappa shape index (κ1) is 18.5. The van der Waals surface area contributed by atoms with Crippen molar-refractivity contribution in [1.82, 2.24) is 5.32 Å². The number of ether oxygens (including phenoxy) is 1. The Balaban J connectivity index is 2.17. The fourth-order valence-electron chi connectivity index (χ4n) is 2.16. The van der Waals surface area contributed by atoms with Gasteiger partial charge in [0.2, 0.25) is 10.0 Å². The summed E-state index contributed by atoms with van der Waals surface area (Å²) < 4.78 is 29.4. The van der Waals surface area contributed by atoms with Gasteiger partial charge in [0.15, 0.2) is 6.04 Å². The van der Waals surface area contributed by atoms with Crippen molar-refractivity contribution in [3.63, 3.8) is 0 Å². The van der Waals surface area contributed by atoms with Gasteiger partial charge in [0.25, 0.3) is 5.91 Å². The van der Waals surface area contributed by atoms with E-state index in [2.05, 4.69) is 10.0 Å². The summed E-state index contributed by atoms with van der Waals surface area (Å²) in [5, 5.41) is 2.62. The van der Waals surface area contributed by atoms with Gasteiger partial charge in [0.05, 0.1) is 13.4 Å². The van der Waals surface area contributed by atoms with Crippen LogP contribution in [0.3, 0.4) is 0 Å². The summed E-state index contributed by atoms with van der Waals surface area (Å²) >= 11 is 0. The first-order valence-corrected chi connectivity index (χ1v) is 9.21. The van der Waals surface area contributed by atoms with Crippen molar-refractivity contribution < 1.29 is 22.7 Å². The summed E-state index contributed by atoms with van der Waals surface area (Å²) in [7, 11) is -2.15. The summed E-state index contributed by atoms with van der Waals surface area (Å²) in [6, 6.07) is 13.6. The number of nitrogens with one attached hydrogen (secondary N) is 2. The Morgan fingerprint density at radius 2 is 1.60 bits per heavy atom. The number of anilines is 1. The number of methoxy groups -OCH3 is 1. The minimum absolute atomic E-state index is 0.281. The molecule has 1 unspecified atom stereocenters. The van der Waals surface area contributed by atoms with Gasteiger partial charge >= 0.3 is 5.97 Å². The molecule has 8 heteroatoms. The fourth-order valence-corrected chi connectivity index (χ4v) is 2.72. The lowest BCUT2D eigenvalue weighted by Gasteiger charge is -2.17. The number of esters is 1. The predicted molar refractivity (Wildman–Crippen MR) is 93.6 cm³/mol. The molecular weight excluding hydrogens is 344 g/mol. The summed E-state index contributed by atoms with van der Waals surface area (Å²) in [5.41, 5.74) is 1.22. The summed E-state index contributed by atoms with van der Waals surface area (Å²) in [4.78, 5) is 24.4. The van der Waals surface area contributed by atoms with Crippen molar-refractivity contribution in [1.29, 1.82) is 0 Å². The van der Waals surface area contributed by atoms with Crippen molar-refractivity contribution in [3.8, 4) is 0 Å². The zero-order chi connectivity index (χ0) is 18.4. The van der Waals surface area contributed by atoms with Crippen molar-refractivity contribution in [2.24, 2.45) is 0 Å². The molecule has 2 aromatic carbocycles. The minimum Gasteiger partial charge on any atom is -0.467 e. The molecule has 7 nitrogen and oxygen atoms in total. The second-order valence-electron chi connectivity index (χ2n) is 5.29. The van der Waals surface area contributed by atoms with Crippen LogP contribution in [0.1, 0.15) is 22.0 Å². The van der Waals surface area contributed by atoms with Crippen molar-refractivity contribution >= 4 is 27.6 Å². The SMILES string of the molecule is COC(=O)C(NC(=O)c1ccc(NS(C)(=O)=O)cc1)c1ccccc1. The molecule has 0 bridgehead atoms. The van der Waals surface area contributed by atoms with Gasteiger partial charge in [-0.25, -0.2) is 13.2 Å². The lowest BCUT2D eigenvalue weighted by atomic mass is 10.1. The van der Waals surface area contributed by atoms with Crippen LogP contribution in [0, 0.1) is 0 Å². The first-order valence-electron chi connectivity index (χ1n) is 7.31. The maximum Gasteiger partial charge on any atom is 0.333 e. The third-order valence-electron chi connectivity index (χ3n) is 3.30. The third kappa shape index (κ3) is 5.32. The molecule has 0 fully saturated rings. The molecule has 1 amide bonds. The summed E-state index contributed by atoms with van der Waals surface area (Å²) in [5.74, 6) is -1.07. The zero-order valence-electron chi connectivity index (χ0n) is 13.7. The fraction of sp³-hybridized carbons (Fsp3) is 0.176. The van der Waals surface area contributed by atoms with Gasteiger partial charge in [-0.15, -0.1) is 0 Å². The van der Waals surface area contributed by atoms with Gasteiger partial charge in [-0.05, 0) is 29.8 Å². The van der Waals surface area contributed by atoms with E-state index in [0.717, 1.165) is 6.26 Å². The number of hydrogen-bond donors (Lipinski definition) is 2. The van der Waals surface area contributed by atoms with E-state index >= 15 is 0 Å². The number of carbonyl (C=O) groups is 2. The molecule has 0 aliphatic carbocycles. The molecular formula is C17H18N2O5S. The lowest BCUT2D eigenvalue weighted by Crippen LogP contribution is -2.34. The number of sulfonamides is 1.